The van der Waals surface area contributed by atoms with Crippen LogP contribution in [0.1, 0.15) is 21.8 Å². The number of rotatable bonds is 5. The molecule has 3 aromatic heterocycles. The highest BCUT2D eigenvalue weighted by atomic mass is 32.1. The summed E-state index contributed by atoms with van der Waals surface area (Å²) in [5.74, 6) is 0.324. The largest absolute Gasteiger partial charge is 0.452 e. The Hall–Kier alpha value is -3.19. The van der Waals surface area contributed by atoms with Crippen LogP contribution in [0.5, 0.6) is 0 Å². The minimum Gasteiger partial charge on any atom is -0.452 e. The van der Waals surface area contributed by atoms with E-state index in [1.807, 2.05) is 65.7 Å². The molecule has 0 N–H and O–H groups in total. The molecular weight excluding hydrogens is 350 g/mol. The van der Waals surface area contributed by atoms with Crippen molar-refractivity contribution in [3.63, 3.8) is 0 Å². The van der Waals surface area contributed by atoms with Crippen LogP contribution >= 0.6 is 11.3 Å². The average Bonchev–Trinajstić information content (AvgIpc) is 3.42. The molecule has 0 fully saturated rings. The predicted octanol–water partition coefficient (Wildman–Crippen LogP) is 4.25. The fourth-order valence-electron chi connectivity index (χ4n) is 2.54. The third kappa shape index (κ3) is 3.29. The molecule has 1 aromatic carbocycles. The standard InChI is InChI=1S/C19H15N3O3S/c1-13-6-7-14(11-15(13)22-8-2-3-9-22)19(23)24-12-17-20-18(21-25-17)16-5-4-10-26-16/h2-11H,12H2,1H3. The Morgan fingerprint density at radius 2 is 2.08 bits per heavy atom. The molecule has 0 aliphatic carbocycles. The molecule has 6 nitrogen and oxygen atoms in total. The maximum atomic E-state index is 12.4. The molecule has 0 bridgehead atoms. The third-order valence-electron chi connectivity index (χ3n) is 3.86. The third-order valence-corrected chi connectivity index (χ3v) is 4.73. The molecule has 0 saturated heterocycles. The molecule has 0 unspecified atom stereocenters. The van der Waals surface area contributed by atoms with E-state index in [1.165, 1.54) is 11.3 Å². The Bertz CT molecular complexity index is 1020. The summed E-state index contributed by atoms with van der Waals surface area (Å²) in [6.45, 7) is 1.93. The van der Waals surface area contributed by atoms with Crippen molar-refractivity contribution in [1.82, 2.24) is 14.7 Å². The lowest BCUT2D eigenvalue weighted by atomic mass is 10.1. The maximum absolute atomic E-state index is 12.4. The van der Waals surface area contributed by atoms with Gasteiger partial charge in [-0.05, 0) is 48.2 Å². The summed E-state index contributed by atoms with van der Waals surface area (Å²) in [7, 11) is 0. The molecule has 0 aliphatic heterocycles. The van der Waals surface area contributed by atoms with E-state index < -0.39 is 5.97 Å². The van der Waals surface area contributed by atoms with Crippen LogP contribution in [0, 0.1) is 6.92 Å². The molecule has 3 heterocycles. The normalized spacial score (nSPS) is 10.8. The number of hydrogen-bond acceptors (Lipinski definition) is 6. The molecule has 0 radical (unpaired) electrons. The molecule has 4 rings (SSSR count). The zero-order valence-electron chi connectivity index (χ0n) is 14.0. The smallest absolute Gasteiger partial charge is 0.338 e. The van der Waals surface area contributed by atoms with E-state index in [0.717, 1.165) is 16.1 Å². The highest BCUT2D eigenvalue weighted by Gasteiger charge is 2.14. The van der Waals surface area contributed by atoms with Crippen molar-refractivity contribution in [2.24, 2.45) is 0 Å². The molecular formula is C19H15N3O3S. The quantitative estimate of drug-likeness (QED) is 0.494. The lowest BCUT2D eigenvalue weighted by Crippen LogP contribution is -2.07. The summed E-state index contributed by atoms with van der Waals surface area (Å²) in [5.41, 5.74) is 2.47. The number of aryl methyl sites for hydroxylation is 1. The van der Waals surface area contributed by atoms with Crippen molar-refractivity contribution in [2.45, 2.75) is 13.5 Å². The second kappa shape index (κ2) is 6.97. The van der Waals surface area contributed by atoms with E-state index in [0.29, 0.717) is 11.4 Å². The van der Waals surface area contributed by atoms with Crippen LogP contribution in [0.15, 0.2) is 64.8 Å². The number of benzene rings is 1. The van der Waals surface area contributed by atoms with Crippen molar-refractivity contribution in [2.75, 3.05) is 0 Å². The van der Waals surface area contributed by atoms with Gasteiger partial charge in [0, 0.05) is 18.1 Å². The number of carbonyl (C=O) groups excluding carboxylic acids is 1. The van der Waals surface area contributed by atoms with Gasteiger partial charge in [-0.25, -0.2) is 4.79 Å². The Balaban J connectivity index is 1.46. The van der Waals surface area contributed by atoms with Gasteiger partial charge in [-0.15, -0.1) is 11.3 Å². The van der Waals surface area contributed by atoms with E-state index in [9.17, 15) is 4.79 Å². The SMILES string of the molecule is Cc1ccc(C(=O)OCc2nc(-c3cccs3)no2)cc1-n1cccc1. The summed E-state index contributed by atoms with van der Waals surface area (Å²) >= 11 is 1.52. The summed E-state index contributed by atoms with van der Waals surface area (Å²) < 4.78 is 12.4. The fraction of sp³-hybridized carbons (Fsp3) is 0.105. The lowest BCUT2D eigenvalue weighted by molar-refractivity contribution is 0.0430. The average molecular weight is 365 g/mol. The van der Waals surface area contributed by atoms with Gasteiger partial charge in [0.1, 0.15) is 0 Å². The number of aromatic nitrogens is 3. The van der Waals surface area contributed by atoms with Crippen LogP contribution in [-0.2, 0) is 11.3 Å². The van der Waals surface area contributed by atoms with E-state index in [2.05, 4.69) is 10.1 Å². The molecule has 0 saturated carbocycles. The van der Waals surface area contributed by atoms with Crippen molar-refractivity contribution in [3.8, 4) is 16.4 Å². The van der Waals surface area contributed by atoms with Crippen molar-refractivity contribution in [1.29, 1.82) is 0 Å². The van der Waals surface area contributed by atoms with Gasteiger partial charge in [-0.1, -0.05) is 17.3 Å². The number of carbonyl (C=O) groups is 1. The molecule has 0 spiro atoms. The molecule has 7 heteroatoms. The molecule has 0 aliphatic rings. The second-order valence-electron chi connectivity index (χ2n) is 5.66. The first kappa shape index (κ1) is 16.3. The fourth-order valence-corrected chi connectivity index (χ4v) is 3.19. The Morgan fingerprint density at radius 1 is 1.23 bits per heavy atom. The van der Waals surface area contributed by atoms with Crippen molar-refractivity contribution >= 4 is 17.3 Å². The number of esters is 1. The van der Waals surface area contributed by atoms with Gasteiger partial charge in [0.15, 0.2) is 6.61 Å². The van der Waals surface area contributed by atoms with Gasteiger partial charge in [0.25, 0.3) is 5.89 Å². The van der Waals surface area contributed by atoms with E-state index in [1.54, 1.807) is 6.07 Å². The van der Waals surface area contributed by atoms with Gasteiger partial charge >= 0.3 is 5.97 Å². The van der Waals surface area contributed by atoms with Gasteiger partial charge in [-0.3, -0.25) is 0 Å². The van der Waals surface area contributed by atoms with Crippen LogP contribution in [0.3, 0.4) is 0 Å². The zero-order valence-corrected chi connectivity index (χ0v) is 14.8. The number of thiophene rings is 1. The van der Waals surface area contributed by atoms with Gasteiger partial charge in [0.05, 0.1) is 10.4 Å². The summed E-state index contributed by atoms with van der Waals surface area (Å²) in [4.78, 5) is 17.5. The molecule has 26 heavy (non-hydrogen) atoms. The maximum Gasteiger partial charge on any atom is 0.338 e. The highest BCUT2D eigenvalue weighted by Crippen LogP contribution is 2.22. The first-order valence-corrected chi connectivity index (χ1v) is 8.86. The van der Waals surface area contributed by atoms with Gasteiger partial charge in [-0.2, -0.15) is 4.98 Å². The topological polar surface area (TPSA) is 70.2 Å². The van der Waals surface area contributed by atoms with E-state index >= 15 is 0 Å². The van der Waals surface area contributed by atoms with Crippen LogP contribution in [0.4, 0.5) is 0 Å². The minimum atomic E-state index is -0.436. The molecule has 0 amide bonds. The Labute approximate surface area is 153 Å². The Morgan fingerprint density at radius 3 is 2.85 bits per heavy atom. The predicted molar refractivity (Wildman–Crippen MR) is 97.2 cm³/mol. The van der Waals surface area contributed by atoms with Crippen LogP contribution in [0.2, 0.25) is 0 Å². The van der Waals surface area contributed by atoms with Crippen LogP contribution in [0.25, 0.3) is 16.4 Å². The van der Waals surface area contributed by atoms with Crippen molar-refractivity contribution < 1.29 is 14.1 Å². The van der Waals surface area contributed by atoms with E-state index in [-0.39, 0.29) is 12.5 Å². The first-order chi connectivity index (χ1) is 12.7. The summed E-state index contributed by atoms with van der Waals surface area (Å²) in [5, 5.41) is 5.83. The van der Waals surface area contributed by atoms with Gasteiger partial charge in [0.2, 0.25) is 5.82 Å². The number of ether oxygens (including phenoxy) is 1. The lowest BCUT2D eigenvalue weighted by Gasteiger charge is -2.09. The molecule has 4 aromatic rings. The molecule has 130 valence electrons. The second-order valence-corrected chi connectivity index (χ2v) is 6.60. The van der Waals surface area contributed by atoms with Crippen molar-refractivity contribution in [3.05, 3.63) is 77.3 Å². The summed E-state index contributed by atoms with van der Waals surface area (Å²) in [6, 6.07) is 13.1. The van der Waals surface area contributed by atoms with E-state index in [4.69, 9.17) is 9.26 Å². The first-order valence-electron chi connectivity index (χ1n) is 7.98. The minimum absolute atomic E-state index is 0.0655. The van der Waals surface area contributed by atoms with Gasteiger partial charge < -0.3 is 13.8 Å². The monoisotopic (exact) mass is 365 g/mol. The zero-order chi connectivity index (χ0) is 17.9. The number of hydrogen-bond donors (Lipinski definition) is 0. The molecule has 0 atom stereocenters. The van der Waals surface area contributed by atoms with Crippen LogP contribution in [-0.4, -0.2) is 20.7 Å². The Kier molecular flexibility index (Phi) is 4.37. The van der Waals surface area contributed by atoms with Crippen LogP contribution < -0.4 is 0 Å². The highest BCUT2D eigenvalue weighted by molar-refractivity contribution is 7.13. The number of nitrogens with zero attached hydrogens (tertiary/aromatic N) is 3. The summed E-state index contributed by atoms with van der Waals surface area (Å²) in [6.07, 6.45) is 3.87.